The van der Waals surface area contributed by atoms with Crippen molar-refractivity contribution >= 4 is 45.6 Å². The molecule has 0 fully saturated rings. The number of carbonyl (C=O) groups excluding carboxylic acids is 1. The number of benzene rings is 3. The number of nitrogens with zero attached hydrogens (tertiary/aromatic N) is 2. The van der Waals surface area contributed by atoms with E-state index in [1.54, 1.807) is 6.07 Å². The van der Waals surface area contributed by atoms with Crippen molar-refractivity contribution < 1.29 is 9.21 Å². The Labute approximate surface area is 196 Å². The van der Waals surface area contributed by atoms with Gasteiger partial charge in [0.1, 0.15) is 23.0 Å². The Morgan fingerprint density at radius 2 is 1.32 bits per heavy atom. The van der Waals surface area contributed by atoms with Crippen LogP contribution in [0.2, 0.25) is 0 Å². The highest BCUT2D eigenvalue weighted by Gasteiger charge is 2.12. The zero-order valence-corrected chi connectivity index (χ0v) is 18.8. The number of furan rings is 1. The molecule has 2 heterocycles. The quantitative estimate of drug-likeness (QED) is 0.271. The van der Waals surface area contributed by atoms with Crippen molar-refractivity contribution in [2.75, 3.05) is 16.0 Å². The molecule has 7 nitrogen and oxygen atoms in total. The maximum atomic E-state index is 12.6. The molecule has 0 bridgehead atoms. The van der Waals surface area contributed by atoms with Crippen LogP contribution in [-0.4, -0.2) is 15.9 Å². The minimum absolute atomic E-state index is 0.272. The molecule has 5 rings (SSSR count). The van der Waals surface area contributed by atoms with Gasteiger partial charge in [-0.1, -0.05) is 35.9 Å². The zero-order valence-electron chi connectivity index (χ0n) is 18.8. The molecule has 3 aromatic carbocycles. The van der Waals surface area contributed by atoms with Gasteiger partial charge in [-0.2, -0.15) is 0 Å². The van der Waals surface area contributed by atoms with E-state index in [9.17, 15) is 4.79 Å². The van der Waals surface area contributed by atoms with Crippen LogP contribution in [0.25, 0.3) is 11.0 Å². The van der Waals surface area contributed by atoms with Gasteiger partial charge in [0.05, 0.1) is 0 Å². The Kier molecular flexibility index (Phi) is 5.66. The van der Waals surface area contributed by atoms with E-state index in [1.807, 2.05) is 85.8 Å². The molecule has 34 heavy (non-hydrogen) atoms. The van der Waals surface area contributed by atoms with Gasteiger partial charge in [-0.3, -0.25) is 4.79 Å². The average Bonchev–Trinajstić information content (AvgIpc) is 3.26. The lowest BCUT2D eigenvalue weighted by Gasteiger charge is -2.11. The van der Waals surface area contributed by atoms with Crippen LogP contribution in [0.4, 0.5) is 28.7 Å². The van der Waals surface area contributed by atoms with Gasteiger partial charge in [0, 0.05) is 28.5 Å². The fraction of sp³-hybridized carbons (Fsp3) is 0.0741. The van der Waals surface area contributed by atoms with Crippen LogP contribution in [0.1, 0.15) is 21.9 Å². The minimum atomic E-state index is -0.296. The molecule has 5 aromatic rings. The Bertz CT molecular complexity index is 1420. The van der Waals surface area contributed by atoms with Gasteiger partial charge < -0.3 is 20.4 Å². The van der Waals surface area contributed by atoms with Crippen LogP contribution in [0.15, 0.2) is 89.3 Å². The molecule has 3 N–H and O–H groups in total. The Morgan fingerprint density at radius 1 is 0.735 bits per heavy atom. The summed E-state index contributed by atoms with van der Waals surface area (Å²) in [5, 5.41) is 10.3. The number of hydrogen-bond donors (Lipinski definition) is 3. The highest BCUT2D eigenvalue weighted by Crippen LogP contribution is 2.23. The lowest BCUT2D eigenvalue weighted by Crippen LogP contribution is -2.10. The van der Waals surface area contributed by atoms with Crippen molar-refractivity contribution in [3.05, 3.63) is 102 Å². The zero-order chi connectivity index (χ0) is 23.5. The molecule has 0 saturated heterocycles. The number of aromatic nitrogens is 2. The first-order valence-electron chi connectivity index (χ1n) is 10.9. The van der Waals surface area contributed by atoms with Crippen LogP contribution in [0.3, 0.4) is 0 Å². The largest absolute Gasteiger partial charge is 0.451 e. The fourth-order valence-electron chi connectivity index (χ4n) is 3.55. The molecule has 0 aliphatic rings. The molecule has 0 spiro atoms. The second-order valence-electron chi connectivity index (χ2n) is 7.98. The summed E-state index contributed by atoms with van der Waals surface area (Å²) < 4.78 is 5.63. The first kappa shape index (κ1) is 21.2. The molecule has 0 aliphatic carbocycles. The van der Waals surface area contributed by atoms with E-state index in [2.05, 4.69) is 32.8 Å². The Morgan fingerprint density at radius 3 is 1.97 bits per heavy atom. The molecular formula is C27H23N5O2. The standard InChI is InChI=1S/C27H23N5O2/c1-17-7-9-20(10-8-17)30-25-16-26(29-18(2)28-25)31-21-11-13-22(14-12-21)32-27(33)24-15-19-5-3-4-6-23(19)34-24/h3-16H,1-2H3,(H,32,33)(H2,28,29,30,31). The molecule has 0 unspecified atom stereocenters. The third kappa shape index (κ3) is 4.88. The first-order chi connectivity index (χ1) is 16.5. The maximum absolute atomic E-state index is 12.6. The van der Waals surface area contributed by atoms with Gasteiger partial charge in [0.15, 0.2) is 5.76 Å². The summed E-state index contributed by atoms with van der Waals surface area (Å²) in [5.41, 5.74) is 4.34. The van der Waals surface area contributed by atoms with Crippen molar-refractivity contribution in [1.29, 1.82) is 0 Å². The number of nitrogens with one attached hydrogen (secondary N) is 3. The monoisotopic (exact) mass is 449 g/mol. The molecule has 7 heteroatoms. The molecule has 0 saturated carbocycles. The molecule has 168 valence electrons. The highest BCUT2D eigenvalue weighted by atomic mass is 16.3. The number of carbonyl (C=O) groups is 1. The van der Waals surface area contributed by atoms with Crippen LogP contribution in [0, 0.1) is 13.8 Å². The minimum Gasteiger partial charge on any atom is -0.451 e. The Hall–Kier alpha value is -4.65. The third-order valence-electron chi connectivity index (χ3n) is 5.23. The summed E-state index contributed by atoms with van der Waals surface area (Å²) >= 11 is 0. The summed E-state index contributed by atoms with van der Waals surface area (Å²) in [5.74, 6) is 1.99. The van der Waals surface area contributed by atoms with Gasteiger partial charge in [-0.25, -0.2) is 9.97 Å². The van der Waals surface area contributed by atoms with E-state index in [1.165, 1.54) is 5.56 Å². The van der Waals surface area contributed by atoms with Crippen LogP contribution in [0.5, 0.6) is 0 Å². The topological polar surface area (TPSA) is 92.1 Å². The van der Waals surface area contributed by atoms with Gasteiger partial charge in [-0.05, 0) is 62.4 Å². The lowest BCUT2D eigenvalue weighted by molar-refractivity contribution is 0.0998. The van der Waals surface area contributed by atoms with Crippen molar-refractivity contribution in [3.8, 4) is 0 Å². The number of anilines is 5. The van der Waals surface area contributed by atoms with Crippen molar-refractivity contribution in [2.45, 2.75) is 13.8 Å². The van der Waals surface area contributed by atoms with E-state index in [4.69, 9.17) is 4.42 Å². The molecule has 0 aliphatic heterocycles. The maximum Gasteiger partial charge on any atom is 0.291 e. The van der Waals surface area contributed by atoms with E-state index in [0.29, 0.717) is 28.7 Å². The lowest BCUT2D eigenvalue weighted by atomic mass is 10.2. The number of amides is 1. The Balaban J connectivity index is 1.26. The van der Waals surface area contributed by atoms with Gasteiger partial charge in [-0.15, -0.1) is 0 Å². The summed E-state index contributed by atoms with van der Waals surface area (Å²) in [6.07, 6.45) is 0. The second-order valence-corrected chi connectivity index (χ2v) is 7.98. The number of rotatable bonds is 6. The normalized spacial score (nSPS) is 10.8. The van der Waals surface area contributed by atoms with Crippen LogP contribution in [-0.2, 0) is 0 Å². The molecule has 2 aromatic heterocycles. The molecular weight excluding hydrogens is 426 g/mol. The predicted octanol–water partition coefficient (Wildman–Crippen LogP) is 6.58. The number of aryl methyl sites for hydroxylation is 2. The van der Waals surface area contributed by atoms with Crippen molar-refractivity contribution in [3.63, 3.8) is 0 Å². The molecule has 1 amide bonds. The second kappa shape index (κ2) is 9.07. The van der Waals surface area contributed by atoms with Crippen molar-refractivity contribution in [1.82, 2.24) is 9.97 Å². The van der Waals surface area contributed by atoms with E-state index in [-0.39, 0.29) is 11.7 Å². The summed E-state index contributed by atoms with van der Waals surface area (Å²) in [6, 6.07) is 26.6. The molecule has 0 radical (unpaired) electrons. The third-order valence-corrected chi connectivity index (χ3v) is 5.23. The number of hydrogen-bond acceptors (Lipinski definition) is 6. The van der Waals surface area contributed by atoms with Gasteiger partial charge >= 0.3 is 0 Å². The fourth-order valence-corrected chi connectivity index (χ4v) is 3.55. The predicted molar refractivity (Wildman–Crippen MR) is 135 cm³/mol. The summed E-state index contributed by atoms with van der Waals surface area (Å²) in [4.78, 5) is 21.5. The first-order valence-corrected chi connectivity index (χ1v) is 10.9. The van der Waals surface area contributed by atoms with Crippen LogP contribution >= 0.6 is 0 Å². The summed E-state index contributed by atoms with van der Waals surface area (Å²) in [6.45, 7) is 3.90. The SMILES string of the molecule is Cc1ccc(Nc2cc(Nc3ccc(NC(=O)c4cc5ccccc5o4)cc3)nc(C)n2)cc1. The highest BCUT2D eigenvalue weighted by molar-refractivity contribution is 6.04. The van der Waals surface area contributed by atoms with E-state index >= 15 is 0 Å². The molecule has 0 atom stereocenters. The number of para-hydroxylation sites is 1. The summed E-state index contributed by atoms with van der Waals surface area (Å²) in [7, 11) is 0. The number of fused-ring (bicyclic) bond motifs is 1. The van der Waals surface area contributed by atoms with E-state index < -0.39 is 0 Å². The average molecular weight is 450 g/mol. The van der Waals surface area contributed by atoms with Gasteiger partial charge in [0.2, 0.25) is 0 Å². The van der Waals surface area contributed by atoms with Crippen LogP contribution < -0.4 is 16.0 Å². The van der Waals surface area contributed by atoms with Gasteiger partial charge in [0.25, 0.3) is 5.91 Å². The smallest absolute Gasteiger partial charge is 0.291 e. The van der Waals surface area contributed by atoms with Crippen molar-refractivity contribution in [2.24, 2.45) is 0 Å². The van der Waals surface area contributed by atoms with E-state index in [0.717, 1.165) is 16.8 Å².